The van der Waals surface area contributed by atoms with Crippen LogP contribution in [-0.4, -0.2) is 63.3 Å². The summed E-state index contributed by atoms with van der Waals surface area (Å²) in [6.45, 7) is 4.81. The van der Waals surface area contributed by atoms with Gasteiger partial charge in [-0.2, -0.15) is 23.0 Å². The number of esters is 1. The molecule has 0 aliphatic carbocycles. The van der Waals surface area contributed by atoms with E-state index in [1.165, 1.54) is 17.4 Å². The van der Waals surface area contributed by atoms with Gasteiger partial charge in [-0.1, -0.05) is 25.4 Å². The van der Waals surface area contributed by atoms with E-state index in [1.807, 2.05) is 11.9 Å². The number of likely N-dealkylation sites (N-methyl/N-ethyl adjacent to an activating group) is 1. The number of hydrogen-bond donors (Lipinski definition) is 1. The number of carbonyl (C=O) groups excluding carboxylic acids is 2. The Bertz CT molecular complexity index is 1350. The molecule has 3 aromatic rings. The second-order valence-electron chi connectivity index (χ2n) is 8.80. The molecule has 3 aromatic heterocycles. The van der Waals surface area contributed by atoms with Gasteiger partial charge in [0.2, 0.25) is 0 Å². The normalized spacial score (nSPS) is 18.3. The third-order valence-corrected chi connectivity index (χ3v) is 6.96. The maximum atomic E-state index is 13.4. The monoisotopic (exact) mass is 533 g/mol. The predicted molar refractivity (Wildman–Crippen MR) is 124 cm³/mol. The Kier molecular flexibility index (Phi) is 6.86. The van der Waals surface area contributed by atoms with Crippen molar-refractivity contribution in [2.75, 3.05) is 20.1 Å². The van der Waals surface area contributed by atoms with Gasteiger partial charge in [-0.15, -0.1) is 11.3 Å². The molecule has 1 fully saturated rings. The third kappa shape index (κ3) is 5.02. The van der Waals surface area contributed by atoms with E-state index in [2.05, 4.69) is 15.2 Å². The van der Waals surface area contributed by atoms with Crippen molar-refractivity contribution in [2.45, 2.75) is 51.1 Å². The van der Waals surface area contributed by atoms with Gasteiger partial charge in [-0.25, -0.2) is 4.79 Å². The summed E-state index contributed by atoms with van der Waals surface area (Å²) in [5.74, 6) is -3.68. The van der Waals surface area contributed by atoms with Crippen LogP contribution in [0.2, 0.25) is 4.34 Å². The second-order valence-corrected chi connectivity index (χ2v) is 10.5. The fourth-order valence-corrected chi connectivity index (χ4v) is 5.37. The Hall–Kier alpha value is -2.64. The maximum Gasteiger partial charge on any atom is 0.491 e. The van der Waals surface area contributed by atoms with E-state index < -0.39 is 35.9 Å². The summed E-state index contributed by atoms with van der Waals surface area (Å²) in [6.07, 6.45) is -6.26. The molecule has 4 heterocycles. The number of hydrogen-bond acceptors (Lipinski definition) is 7. The van der Waals surface area contributed by atoms with E-state index in [1.54, 1.807) is 24.3 Å². The molecule has 1 amide bonds. The van der Waals surface area contributed by atoms with E-state index in [0.29, 0.717) is 32.2 Å². The lowest BCUT2D eigenvalue weighted by Crippen LogP contribution is -2.50. The molecule has 4 rings (SSSR count). The van der Waals surface area contributed by atoms with Crippen LogP contribution in [-0.2, 0) is 14.3 Å². The number of amides is 1. The van der Waals surface area contributed by atoms with Gasteiger partial charge in [-0.05, 0) is 38.6 Å². The number of carbonyl (C=O) groups is 2. The largest absolute Gasteiger partial charge is 0.491 e. The topological polar surface area (TPSA) is 97.9 Å². The van der Waals surface area contributed by atoms with Crippen molar-refractivity contribution in [1.82, 2.24) is 24.4 Å². The quantitative estimate of drug-likeness (QED) is 0.505. The predicted octanol–water partition coefficient (Wildman–Crippen LogP) is 3.30. The standard InChI is InChI=1S/C21H23ClF3N5O4S/c1-10(2)15-27-30(17(32)13-7-11-8-14(22)35-19(11)29(13)15)18(34-20(33)21(23,24)25)16(31)26-12-5-4-6-28(3)9-12/h7-8,10,12,18H,4-6,9H2,1-3H3,(H,26,31)/t12?,18-/m1/s1. The lowest BCUT2D eigenvalue weighted by atomic mass is 10.1. The highest BCUT2D eigenvalue weighted by Gasteiger charge is 2.45. The highest BCUT2D eigenvalue weighted by atomic mass is 35.5. The van der Waals surface area contributed by atoms with Crippen molar-refractivity contribution in [2.24, 2.45) is 0 Å². The van der Waals surface area contributed by atoms with Crippen LogP contribution in [0.1, 0.15) is 44.7 Å². The Labute approximate surface area is 206 Å². The molecule has 1 aliphatic heterocycles. The number of likely N-dealkylation sites (tertiary alicyclic amines) is 1. The molecule has 9 nitrogen and oxygen atoms in total. The number of thiophene rings is 1. The average Bonchev–Trinajstić information content (AvgIpc) is 3.28. The van der Waals surface area contributed by atoms with Crippen LogP contribution in [0.15, 0.2) is 16.9 Å². The van der Waals surface area contributed by atoms with Crippen LogP contribution in [0.5, 0.6) is 0 Å². The number of alkyl halides is 3. The molecule has 1 saturated heterocycles. The van der Waals surface area contributed by atoms with Crippen LogP contribution >= 0.6 is 22.9 Å². The lowest BCUT2D eigenvalue weighted by molar-refractivity contribution is -0.210. The van der Waals surface area contributed by atoms with Gasteiger partial charge in [0.05, 0.1) is 4.34 Å². The number of rotatable bonds is 5. The molecule has 0 aromatic carbocycles. The SMILES string of the molecule is CC(C)c1nn([C@H](OC(=O)C(F)(F)F)C(=O)NC2CCCN(C)C2)c(=O)c2cc3cc(Cl)sc3n12. The van der Waals surface area contributed by atoms with Crippen molar-refractivity contribution in [1.29, 1.82) is 0 Å². The molecule has 1 unspecified atom stereocenters. The minimum Gasteiger partial charge on any atom is -0.423 e. The maximum absolute atomic E-state index is 13.4. The smallest absolute Gasteiger partial charge is 0.423 e. The summed E-state index contributed by atoms with van der Waals surface area (Å²) in [4.78, 5) is 40.8. The molecule has 1 N–H and O–H groups in total. The highest BCUT2D eigenvalue weighted by molar-refractivity contribution is 7.22. The van der Waals surface area contributed by atoms with E-state index in [0.717, 1.165) is 13.0 Å². The zero-order valence-corrected chi connectivity index (χ0v) is 20.6. The number of aromatic nitrogens is 3. The molecule has 0 bridgehead atoms. The molecular weight excluding hydrogens is 511 g/mol. The zero-order valence-electron chi connectivity index (χ0n) is 19.1. The number of nitrogens with zero attached hydrogens (tertiary/aromatic N) is 4. The summed E-state index contributed by atoms with van der Waals surface area (Å²) in [7, 11) is 1.85. The molecule has 14 heteroatoms. The fourth-order valence-electron chi connectivity index (χ4n) is 4.14. The number of ether oxygens (including phenoxy) is 1. The van der Waals surface area contributed by atoms with Gasteiger partial charge in [0.15, 0.2) is 0 Å². The van der Waals surface area contributed by atoms with Crippen LogP contribution in [0.4, 0.5) is 13.2 Å². The van der Waals surface area contributed by atoms with Crippen LogP contribution in [0.25, 0.3) is 15.7 Å². The van der Waals surface area contributed by atoms with Crippen molar-refractivity contribution >= 4 is 50.5 Å². The van der Waals surface area contributed by atoms with Gasteiger partial charge in [-0.3, -0.25) is 14.0 Å². The Balaban J connectivity index is 1.83. The van der Waals surface area contributed by atoms with Gasteiger partial charge in [0, 0.05) is 23.9 Å². The Morgan fingerprint density at radius 1 is 1.31 bits per heavy atom. The van der Waals surface area contributed by atoms with Crippen molar-refractivity contribution in [3.05, 3.63) is 32.6 Å². The van der Waals surface area contributed by atoms with Crippen LogP contribution in [0, 0.1) is 0 Å². The van der Waals surface area contributed by atoms with Gasteiger partial charge in [0.1, 0.15) is 16.2 Å². The minimum absolute atomic E-state index is 0.0693. The average molecular weight is 534 g/mol. The zero-order chi connectivity index (χ0) is 25.7. The minimum atomic E-state index is -5.37. The molecule has 190 valence electrons. The summed E-state index contributed by atoms with van der Waals surface area (Å²) < 4.78 is 46.3. The number of piperidine rings is 1. The van der Waals surface area contributed by atoms with Crippen molar-refractivity contribution in [3.8, 4) is 0 Å². The highest BCUT2D eigenvalue weighted by Crippen LogP contribution is 2.33. The summed E-state index contributed by atoms with van der Waals surface area (Å²) in [5, 5.41) is 7.46. The van der Waals surface area contributed by atoms with E-state index in [4.69, 9.17) is 11.6 Å². The molecule has 1 aliphatic rings. The number of halogens is 4. The van der Waals surface area contributed by atoms with Crippen molar-refractivity contribution in [3.63, 3.8) is 0 Å². The fraction of sp³-hybridized carbons (Fsp3) is 0.524. The van der Waals surface area contributed by atoms with E-state index in [-0.39, 0.29) is 17.3 Å². The first-order valence-corrected chi connectivity index (χ1v) is 12.1. The van der Waals surface area contributed by atoms with Gasteiger partial charge in [0.25, 0.3) is 17.7 Å². The first kappa shape index (κ1) is 25.5. The molecule has 0 radical (unpaired) electrons. The summed E-state index contributed by atoms with van der Waals surface area (Å²) in [6, 6.07) is 2.77. The van der Waals surface area contributed by atoms with Gasteiger partial charge >= 0.3 is 12.1 Å². The number of nitrogens with one attached hydrogen (secondary N) is 1. The molecule has 0 spiro atoms. The Morgan fingerprint density at radius 3 is 2.66 bits per heavy atom. The van der Waals surface area contributed by atoms with Crippen LogP contribution in [0.3, 0.4) is 0 Å². The van der Waals surface area contributed by atoms with Crippen LogP contribution < -0.4 is 10.9 Å². The first-order chi connectivity index (χ1) is 16.4. The van der Waals surface area contributed by atoms with Crippen molar-refractivity contribution < 1.29 is 27.5 Å². The van der Waals surface area contributed by atoms with Gasteiger partial charge < -0.3 is 15.0 Å². The third-order valence-electron chi connectivity index (χ3n) is 5.70. The molecule has 35 heavy (non-hydrogen) atoms. The Morgan fingerprint density at radius 2 is 2.03 bits per heavy atom. The molecule has 0 saturated carbocycles. The lowest BCUT2D eigenvalue weighted by Gasteiger charge is -2.31. The first-order valence-electron chi connectivity index (χ1n) is 10.9. The number of fused-ring (bicyclic) bond motifs is 3. The summed E-state index contributed by atoms with van der Waals surface area (Å²) in [5.41, 5.74) is -0.815. The van der Waals surface area contributed by atoms with E-state index >= 15 is 0 Å². The van der Waals surface area contributed by atoms with E-state index in [9.17, 15) is 27.6 Å². The molecular formula is C21H23ClF3N5O4S. The summed E-state index contributed by atoms with van der Waals surface area (Å²) >= 11 is 7.31. The molecule has 2 atom stereocenters. The second kappa shape index (κ2) is 9.43.